The Labute approximate surface area is 186 Å². The molecular weight excluding hydrogens is 437 g/mol. The third kappa shape index (κ3) is 3.58. The van der Waals surface area contributed by atoms with Crippen molar-refractivity contribution in [3.8, 4) is 5.69 Å². The fourth-order valence-electron chi connectivity index (χ4n) is 3.52. The Morgan fingerprint density at radius 3 is 2.50 bits per heavy atom. The summed E-state index contributed by atoms with van der Waals surface area (Å²) in [5.74, 6) is -1.42. The van der Waals surface area contributed by atoms with Crippen molar-refractivity contribution in [1.29, 1.82) is 0 Å². The molecule has 4 aromatic rings. The first-order chi connectivity index (χ1) is 15.3. The predicted molar refractivity (Wildman–Crippen MR) is 118 cm³/mol. The highest BCUT2D eigenvalue weighted by Gasteiger charge is 2.23. The molecule has 4 rings (SSSR count). The summed E-state index contributed by atoms with van der Waals surface area (Å²) < 4.78 is 21.3. The highest BCUT2D eigenvalue weighted by Crippen LogP contribution is 2.21. The van der Waals surface area contributed by atoms with Crippen LogP contribution in [0.25, 0.3) is 16.7 Å². The molecule has 0 amide bonds. The summed E-state index contributed by atoms with van der Waals surface area (Å²) in [7, 11) is 1.19. The maximum atomic E-state index is 14.5. The van der Waals surface area contributed by atoms with Crippen molar-refractivity contribution >= 4 is 28.6 Å². The van der Waals surface area contributed by atoms with E-state index in [4.69, 9.17) is 16.3 Å². The van der Waals surface area contributed by atoms with E-state index in [0.29, 0.717) is 11.4 Å². The molecule has 0 N–H and O–H groups in total. The van der Waals surface area contributed by atoms with Gasteiger partial charge in [-0.1, -0.05) is 35.9 Å². The molecule has 0 saturated carbocycles. The first-order valence-electron chi connectivity index (χ1n) is 9.57. The molecule has 7 nitrogen and oxygen atoms in total. The lowest BCUT2D eigenvalue weighted by molar-refractivity contribution is 0.0602. The number of fused-ring (bicyclic) bond motifs is 1. The van der Waals surface area contributed by atoms with Crippen LogP contribution < -0.4 is 11.2 Å². The van der Waals surface area contributed by atoms with Crippen molar-refractivity contribution in [2.24, 2.45) is 0 Å². The fourth-order valence-corrected chi connectivity index (χ4v) is 3.75. The van der Waals surface area contributed by atoms with Gasteiger partial charge in [0.05, 0.1) is 30.3 Å². The quantitative estimate of drug-likeness (QED) is 0.442. The van der Waals surface area contributed by atoms with Gasteiger partial charge >= 0.3 is 11.7 Å². The van der Waals surface area contributed by atoms with Crippen LogP contribution in [0.4, 0.5) is 4.39 Å². The van der Waals surface area contributed by atoms with E-state index in [-0.39, 0.29) is 27.2 Å². The van der Waals surface area contributed by atoms with Gasteiger partial charge in [-0.25, -0.2) is 23.5 Å². The largest absolute Gasteiger partial charge is 0.465 e. The Bertz CT molecular complexity index is 1460. The van der Waals surface area contributed by atoms with E-state index in [1.165, 1.54) is 35.9 Å². The van der Waals surface area contributed by atoms with Crippen LogP contribution in [0, 0.1) is 12.7 Å². The lowest BCUT2D eigenvalue weighted by Gasteiger charge is -2.16. The van der Waals surface area contributed by atoms with Gasteiger partial charge in [-0.2, -0.15) is 0 Å². The molecule has 9 heteroatoms. The lowest BCUT2D eigenvalue weighted by atomic mass is 10.1. The standard InChI is InChI=1S/C23H17ClFN3O4/c1-13-11-15(22(30)32-2)19-20(26-13)28(14-7-4-3-5-8-14)23(31)27(21(19)29)12-16-17(24)9-6-10-18(16)25/h3-11H,12H2,1-2H3. The van der Waals surface area contributed by atoms with E-state index < -0.39 is 29.6 Å². The minimum absolute atomic E-state index is 0.00230. The average Bonchev–Trinajstić information content (AvgIpc) is 2.78. The molecule has 0 spiro atoms. The Kier molecular flexibility index (Phi) is 5.63. The van der Waals surface area contributed by atoms with Crippen LogP contribution in [-0.2, 0) is 11.3 Å². The monoisotopic (exact) mass is 453 g/mol. The number of benzene rings is 2. The molecule has 0 bridgehead atoms. The van der Waals surface area contributed by atoms with Crippen LogP contribution in [-0.4, -0.2) is 27.2 Å². The van der Waals surface area contributed by atoms with Gasteiger partial charge in [-0.15, -0.1) is 0 Å². The van der Waals surface area contributed by atoms with Crippen LogP contribution in [0.3, 0.4) is 0 Å². The molecule has 0 aliphatic heterocycles. The SMILES string of the molecule is COC(=O)c1cc(C)nc2c1c(=O)n(Cc1c(F)cccc1Cl)c(=O)n2-c1ccccc1. The fraction of sp³-hybridized carbons (Fsp3) is 0.130. The zero-order chi connectivity index (χ0) is 23.0. The molecule has 0 radical (unpaired) electrons. The lowest BCUT2D eigenvalue weighted by Crippen LogP contribution is -2.41. The van der Waals surface area contributed by atoms with Gasteiger partial charge in [-0.3, -0.25) is 9.36 Å². The molecule has 2 aromatic carbocycles. The van der Waals surface area contributed by atoms with Crippen molar-refractivity contribution in [3.63, 3.8) is 0 Å². The number of hydrogen-bond acceptors (Lipinski definition) is 5. The second-order valence-electron chi connectivity index (χ2n) is 7.05. The van der Waals surface area contributed by atoms with Crippen molar-refractivity contribution in [1.82, 2.24) is 14.1 Å². The van der Waals surface area contributed by atoms with Gasteiger partial charge in [0, 0.05) is 16.3 Å². The summed E-state index contributed by atoms with van der Waals surface area (Å²) in [4.78, 5) is 43.8. The smallest absolute Gasteiger partial charge is 0.338 e. The van der Waals surface area contributed by atoms with E-state index in [9.17, 15) is 18.8 Å². The van der Waals surface area contributed by atoms with Gasteiger partial charge in [0.2, 0.25) is 0 Å². The normalized spacial score (nSPS) is 11.0. The Hall–Kier alpha value is -3.78. The number of pyridine rings is 1. The number of nitrogens with zero attached hydrogens (tertiary/aromatic N) is 3. The Morgan fingerprint density at radius 1 is 1.12 bits per heavy atom. The van der Waals surface area contributed by atoms with Gasteiger partial charge in [-0.05, 0) is 37.3 Å². The maximum Gasteiger partial charge on any atom is 0.338 e. The van der Waals surface area contributed by atoms with Gasteiger partial charge in [0.25, 0.3) is 5.56 Å². The predicted octanol–water partition coefficient (Wildman–Crippen LogP) is 3.48. The summed E-state index contributed by atoms with van der Waals surface area (Å²) in [6, 6.07) is 14.0. The number of para-hydroxylation sites is 1. The highest BCUT2D eigenvalue weighted by molar-refractivity contribution is 6.31. The van der Waals surface area contributed by atoms with E-state index in [0.717, 1.165) is 4.57 Å². The van der Waals surface area contributed by atoms with Crippen LogP contribution in [0.5, 0.6) is 0 Å². The van der Waals surface area contributed by atoms with Crippen LogP contribution in [0.2, 0.25) is 5.02 Å². The van der Waals surface area contributed by atoms with E-state index in [1.54, 1.807) is 37.3 Å². The van der Waals surface area contributed by atoms with Crippen molar-refractivity contribution < 1.29 is 13.9 Å². The second kappa shape index (κ2) is 8.39. The minimum atomic E-state index is -0.801. The summed E-state index contributed by atoms with van der Waals surface area (Å²) in [6.07, 6.45) is 0. The maximum absolute atomic E-state index is 14.5. The summed E-state index contributed by atoms with van der Waals surface area (Å²) in [5.41, 5.74) is -0.778. The first kappa shape index (κ1) is 21.5. The zero-order valence-electron chi connectivity index (χ0n) is 17.1. The topological polar surface area (TPSA) is 83.2 Å². The number of aromatic nitrogens is 3. The van der Waals surface area contributed by atoms with E-state index in [2.05, 4.69) is 4.98 Å². The molecule has 0 unspecified atom stereocenters. The van der Waals surface area contributed by atoms with E-state index in [1.807, 2.05) is 0 Å². The third-order valence-corrected chi connectivity index (χ3v) is 5.37. The van der Waals surface area contributed by atoms with Gasteiger partial charge in [0.15, 0.2) is 5.65 Å². The zero-order valence-corrected chi connectivity index (χ0v) is 17.9. The van der Waals surface area contributed by atoms with Crippen molar-refractivity contribution in [3.05, 3.63) is 103 Å². The Balaban J connectivity index is 2.16. The van der Waals surface area contributed by atoms with E-state index >= 15 is 0 Å². The average molecular weight is 454 g/mol. The molecule has 162 valence electrons. The first-order valence-corrected chi connectivity index (χ1v) is 9.95. The minimum Gasteiger partial charge on any atom is -0.465 e. The molecule has 0 atom stereocenters. The summed E-state index contributed by atoms with van der Waals surface area (Å²) >= 11 is 6.13. The molecule has 0 aliphatic rings. The molecule has 2 heterocycles. The molecular formula is C23H17ClFN3O4. The van der Waals surface area contributed by atoms with Crippen molar-refractivity contribution in [2.45, 2.75) is 13.5 Å². The molecule has 2 aromatic heterocycles. The molecule has 0 saturated heterocycles. The number of aryl methyl sites for hydroxylation is 1. The van der Waals surface area contributed by atoms with Crippen molar-refractivity contribution in [2.75, 3.05) is 7.11 Å². The molecule has 32 heavy (non-hydrogen) atoms. The number of esters is 1. The summed E-state index contributed by atoms with van der Waals surface area (Å²) in [5, 5.41) is -0.0451. The Morgan fingerprint density at radius 2 is 1.84 bits per heavy atom. The molecule has 0 fully saturated rings. The van der Waals surface area contributed by atoms with Crippen LogP contribution in [0.1, 0.15) is 21.6 Å². The van der Waals surface area contributed by atoms with Crippen LogP contribution >= 0.6 is 11.6 Å². The number of carbonyl (C=O) groups excluding carboxylic acids is 1. The number of halogens is 2. The van der Waals surface area contributed by atoms with Crippen LogP contribution in [0.15, 0.2) is 64.2 Å². The number of ether oxygens (including phenoxy) is 1. The highest BCUT2D eigenvalue weighted by atomic mass is 35.5. The second-order valence-corrected chi connectivity index (χ2v) is 7.45. The summed E-state index contributed by atoms with van der Waals surface area (Å²) in [6.45, 7) is 1.21. The number of methoxy groups -OCH3 is 1. The number of rotatable bonds is 4. The number of carbonyl (C=O) groups is 1. The van der Waals surface area contributed by atoms with Gasteiger partial charge < -0.3 is 4.74 Å². The molecule has 0 aliphatic carbocycles. The van der Waals surface area contributed by atoms with Gasteiger partial charge in [0.1, 0.15) is 5.82 Å². The third-order valence-electron chi connectivity index (χ3n) is 5.02. The number of hydrogen-bond donors (Lipinski definition) is 0.